The van der Waals surface area contributed by atoms with Gasteiger partial charge in [-0.2, -0.15) is 4.31 Å². The first-order valence-electron chi connectivity index (χ1n) is 10.5. The first-order chi connectivity index (χ1) is 15.8. The third-order valence-corrected chi connectivity index (χ3v) is 7.17. The zero-order valence-electron chi connectivity index (χ0n) is 18.1. The number of aryl methyl sites for hydroxylation is 1. The average Bonchev–Trinajstić information content (AvgIpc) is 3.31. The van der Waals surface area contributed by atoms with Crippen LogP contribution in [-0.2, 0) is 30.9 Å². The summed E-state index contributed by atoms with van der Waals surface area (Å²) in [5.74, 6) is -0.833. The maximum atomic E-state index is 13.2. The van der Waals surface area contributed by atoms with Gasteiger partial charge in [0.05, 0.1) is 18.0 Å². The Balaban J connectivity index is 1.34. The molecule has 0 aliphatic carbocycles. The number of rotatable bonds is 6. The molecule has 11 heteroatoms. The van der Waals surface area contributed by atoms with E-state index in [1.165, 1.54) is 12.1 Å². The smallest absolute Gasteiger partial charge is 0.309 e. The molecule has 0 radical (unpaired) electrons. The highest BCUT2D eigenvalue weighted by Crippen LogP contribution is 2.34. The first kappa shape index (κ1) is 23.0. The van der Waals surface area contributed by atoms with Crippen molar-refractivity contribution in [3.05, 3.63) is 53.6 Å². The lowest BCUT2D eigenvalue weighted by Gasteiger charge is -2.24. The summed E-state index contributed by atoms with van der Waals surface area (Å²) < 4.78 is 43.9. The molecule has 4 rings (SSSR count). The van der Waals surface area contributed by atoms with Gasteiger partial charge in [-0.1, -0.05) is 29.8 Å². The van der Waals surface area contributed by atoms with Crippen molar-refractivity contribution in [2.45, 2.75) is 24.6 Å². The van der Waals surface area contributed by atoms with Gasteiger partial charge in [0, 0.05) is 19.2 Å². The Hall–Kier alpha value is -3.15. The van der Waals surface area contributed by atoms with E-state index in [2.05, 4.69) is 10.6 Å². The van der Waals surface area contributed by atoms with E-state index in [0.29, 0.717) is 24.7 Å². The molecule has 0 unspecified atom stereocenters. The molecule has 2 heterocycles. The van der Waals surface area contributed by atoms with Crippen LogP contribution >= 0.6 is 0 Å². The number of hydrogen-bond donors (Lipinski definition) is 2. The maximum Gasteiger partial charge on any atom is 0.309 e. The molecular weight excluding hydrogens is 450 g/mol. The zero-order chi connectivity index (χ0) is 23.4. The molecule has 1 fully saturated rings. The SMILES string of the molecule is Cc1ccc(CNC(=O)C(=O)NC[C@H]2OCCN2S(=O)(=O)c2ccc3c(c2)OCCO3)cc1. The van der Waals surface area contributed by atoms with E-state index >= 15 is 0 Å². The standard InChI is InChI=1S/C22H25N3O7S/c1-15-2-4-16(5-3-15)13-23-21(26)22(27)24-14-20-25(8-9-32-20)33(28,29)17-6-7-18-19(12-17)31-11-10-30-18/h2-7,12,20H,8-11,13-14H2,1H3,(H,23,26)(H,24,27)/t20-/m1/s1. The summed E-state index contributed by atoms with van der Waals surface area (Å²) in [7, 11) is -3.92. The van der Waals surface area contributed by atoms with Gasteiger partial charge in [-0.25, -0.2) is 8.42 Å². The van der Waals surface area contributed by atoms with E-state index < -0.39 is 28.1 Å². The molecule has 2 aliphatic rings. The molecular formula is C22H25N3O7S. The van der Waals surface area contributed by atoms with Crippen molar-refractivity contribution in [1.82, 2.24) is 14.9 Å². The van der Waals surface area contributed by atoms with E-state index in [1.54, 1.807) is 6.07 Å². The third kappa shape index (κ3) is 5.27. The van der Waals surface area contributed by atoms with E-state index in [1.807, 2.05) is 31.2 Å². The fourth-order valence-electron chi connectivity index (χ4n) is 3.49. The van der Waals surface area contributed by atoms with Crippen LogP contribution in [0.3, 0.4) is 0 Å². The van der Waals surface area contributed by atoms with Crippen molar-refractivity contribution in [2.75, 3.05) is 32.9 Å². The minimum absolute atomic E-state index is 0.0319. The molecule has 0 saturated carbocycles. The largest absolute Gasteiger partial charge is 0.486 e. The van der Waals surface area contributed by atoms with Crippen molar-refractivity contribution in [3.8, 4) is 11.5 Å². The van der Waals surface area contributed by atoms with Crippen molar-refractivity contribution < 1.29 is 32.2 Å². The van der Waals surface area contributed by atoms with Crippen LogP contribution in [0.1, 0.15) is 11.1 Å². The normalized spacial score (nSPS) is 18.0. The molecule has 176 valence electrons. The number of carbonyl (C=O) groups excluding carboxylic acids is 2. The summed E-state index contributed by atoms with van der Waals surface area (Å²) in [6.07, 6.45) is -0.933. The van der Waals surface area contributed by atoms with Gasteiger partial charge in [-0.05, 0) is 24.6 Å². The highest BCUT2D eigenvalue weighted by molar-refractivity contribution is 7.89. The second kappa shape index (κ2) is 9.77. The molecule has 0 aromatic heterocycles. The molecule has 10 nitrogen and oxygen atoms in total. The van der Waals surface area contributed by atoms with Gasteiger partial charge in [0.15, 0.2) is 11.5 Å². The highest BCUT2D eigenvalue weighted by atomic mass is 32.2. The lowest BCUT2D eigenvalue weighted by Crippen LogP contribution is -2.47. The van der Waals surface area contributed by atoms with Gasteiger partial charge in [-0.15, -0.1) is 0 Å². The van der Waals surface area contributed by atoms with Gasteiger partial charge < -0.3 is 24.8 Å². The summed E-state index contributed by atoms with van der Waals surface area (Å²) >= 11 is 0. The van der Waals surface area contributed by atoms with E-state index in [9.17, 15) is 18.0 Å². The molecule has 2 amide bonds. The molecule has 33 heavy (non-hydrogen) atoms. The molecule has 1 saturated heterocycles. The predicted octanol–water partition coefficient (Wildman–Crippen LogP) is 0.546. The Bertz CT molecular complexity index is 1140. The average molecular weight is 476 g/mol. The summed E-state index contributed by atoms with van der Waals surface area (Å²) in [6, 6.07) is 11.9. The molecule has 0 bridgehead atoms. The van der Waals surface area contributed by atoms with Crippen molar-refractivity contribution >= 4 is 21.8 Å². The number of nitrogens with one attached hydrogen (secondary N) is 2. The Morgan fingerprint density at radius 1 is 0.970 bits per heavy atom. The number of carbonyl (C=O) groups is 2. The molecule has 0 spiro atoms. The summed E-state index contributed by atoms with van der Waals surface area (Å²) in [5.41, 5.74) is 1.95. The number of nitrogens with zero attached hydrogens (tertiary/aromatic N) is 1. The Morgan fingerprint density at radius 3 is 2.42 bits per heavy atom. The van der Waals surface area contributed by atoms with E-state index in [0.717, 1.165) is 15.4 Å². The third-order valence-electron chi connectivity index (χ3n) is 5.28. The van der Waals surface area contributed by atoms with Crippen LogP contribution in [0, 0.1) is 6.92 Å². The van der Waals surface area contributed by atoms with Gasteiger partial charge >= 0.3 is 11.8 Å². The zero-order valence-corrected chi connectivity index (χ0v) is 18.9. The van der Waals surface area contributed by atoms with E-state index in [4.69, 9.17) is 14.2 Å². The van der Waals surface area contributed by atoms with Crippen molar-refractivity contribution in [2.24, 2.45) is 0 Å². The lowest BCUT2D eigenvalue weighted by atomic mass is 10.1. The quantitative estimate of drug-likeness (QED) is 0.585. The second-order valence-electron chi connectivity index (χ2n) is 7.62. The molecule has 2 N–H and O–H groups in total. The monoisotopic (exact) mass is 475 g/mol. The van der Waals surface area contributed by atoms with Crippen molar-refractivity contribution in [1.29, 1.82) is 0 Å². The van der Waals surface area contributed by atoms with Crippen LogP contribution < -0.4 is 20.1 Å². The topological polar surface area (TPSA) is 123 Å². The number of fused-ring (bicyclic) bond motifs is 1. The predicted molar refractivity (Wildman–Crippen MR) is 117 cm³/mol. The molecule has 2 aromatic rings. The van der Waals surface area contributed by atoms with Gasteiger partial charge in [0.2, 0.25) is 10.0 Å². The lowest BCUT2D eigenvalue weighted by molar-refractivity contribution is -0.139. The summed E-state index contributed by atoms with van der Waals surface area (Å²) in [5, 5.41) is 4.99. The van der Waals surface area contributed by atoms with Crippen LogP contribution in [0.25, 0.3) is 0 Å². The fraction of sp³-hybridized carbons (Fsp3) is 0.364. The summed E-state index contributed by atoms with van der Waals surface area (Å²) in [4.78, 5) is 24.3. The Labute approximate surface area is 191 Å². The number of amides is 2. The van der Waals surface area contributed by atoms with Gasteiger partial charge in [0.1, 0.15) is 19.4 Å². The molecule has 2 aromatic carbocycles. The Morgan fingerprint density at radius 2 is 1.67 bits per heavy atom. The van der Waals surface area contributed by atoms with Gasteiger partial charge in [-0.3, -0.25) is 9.59 Å². The Kier molecular flexibility index (Phi) is 6.82. The van der Waals surface area contributed by atoms with Gasteiger partial charge in [0.25, 0.3) is 0 Å². The van der Waals surface area contributed by atoms with E-state index in [-0.39, 0.29) is 31.1 Å². The van der Waals surface area contributed by atoms with Crippen LogP contribution in [0.2, 0.25) is 0 Å². The number of sulfonamides is 1. The van der Waals surface area contributed by atoms with Crippen LogP contribution in [0.5, 0.6) is 11.5 Å². The number of ether oxygens (including phenoxy) is 3. The fourth-order valence-corrected chi connectivity index (χ4v) is 5.02. The molecule has 1 atom stereocenters. The van der Waals surface area contributed by atoms with Crippen molar-refractivity contribution in [3.63, 3.8) is 0 Å². The second-order valence-corrected chi connectivity index (χ2v) is 9.52. The number of benzene rings is 2. The minimum atomic E-state index is -3.92. The van der Waals surface area contributed by atoms with Crippen LogP contribution in [0.15, 0.2) is 47.4 Å². The molecule has 2 aliphatic heterocycles. The maximum absolute atomic E-state index is 13.2. The minimum Gasteiger partial charge on any atom is -0.486 e. The summed E-state index contributed by atoms with van der Waals surface area (Å²) in [6.45, 7) is 3.03. The first-order valence-corrected chi connectivity index (χ1v) is 11.9. The van der Waals surface area contributed by atoms with Crippen LogP contribution in [0.4, 0.5) is 0 Å². The highest BCUT2D eigenvalue weighted by Gasteiger charge is 2.37. The number of hydrogen-bond acceptors (Lipinski definition) is 7. The van der Waals surface area contributed by atoms with Crippen LogP contribution in [-0.4, -0.2) is 63.7 Å².